The van der Waals surface area contributed by atoms with Crippen molar-refractivity contribution < 1.29 is 0 Å². The first-order valence-corrected chi connectivity index (χ1v) is 6.39. The Morgan fingerprint density at radius 3 is 2.79 bits per heavy atom. The van der Waals surface area contributed by atoms with Gasteiger partial charge in [0.25, 0.3) is 0 Å². The van der Waals surface area contributed by atoms with Gasteiger partial charge in [0.2, 0.25) is 0 Å². The normalized spacial score (nSPS) is 12.7. The van der Waals surface area contributed by atoms with Crippen molar-refractivity contribution in [2.24, 2.45) is 0 Å². The standard InChI is InChI=1S/C15H16N4/c1-11(16-9-15-17-10-18-19-15)13-7-6-12-4-2-3-5-14(12)8-13/h2-8,10-11,16H,9H2,1H3,(H,17,18,19). The van der Waals surface area contributed by atoms with E-state index < -0.39 is 0 Å². The van der Waals surface area contributed by atoms with E-state index in [9.17, 15) is 0 Å². The van der Waals surface area contributed by atoms with Crippen LogP contribution in [0.15, 0.2) is 48.8 Å². The Labute approximate surface area is 111 Å². The van der Waals surface area contributed by atoms with E-state index in [0.29, 0.717) is 6.54 Å². The predicted molar refractivity (Wildman–Crippen MR) is 75.6 cm³/mol. The summed E-state index contributed by atoms with van der Waals surface area (Å²) < 4.78 is 0. The predicted octanol–water partition coefficient (Wildman–Crippen LogP) is 2.81. The molecule has 0 saturated carbocycles. The largest absolute Gasteiger partial charge is 0.303 e. The van der Waals surface area contributed by atoms with E-state index in [2.05, 4.69) is 69.9 Å². The first-order chi connectivity index (χ1) is 9.33. The zero-order valence-corrected chi connectivity index (χ0v) is 10.8. The number of nitrogens with zero attached hydrogens (tertiary/aromatic N) is 2. The molecule has 0 radical (unpaired) electrons. The lowest BCUT2D eigenvalue weighted by atomic mass is 10.0. The molecule has 0 saturated heterocycles. The second-order valence-corrected chi connectivity index (χ2v) is 4.64. The van der Waals surface area contributed by atoms with Crippen LogP contribution in [0.1, 0.15) is 24.4 Å². The van der Waals surface area contributed by atoms with Gasteiger partial charge in [-0.15, -0.1) is 0 Å². The Hall–Kier alpha value is -2.20. The van der Waals surface area contributed by atoms with Crippen LogP contribution in [0.5, 0.6) is 0 Å². The average molecular weight is 252 g/mol. The fourth-order valence-electron chi connectivity index (χ4n) is 2.16. The molecule has 0 amide bonds. The van der Waals surface area contributed by atoms with E-state index in [0.717, 1.165) is 5.82 Å². The summed E-state index contributed by atoms with van der Waals surface area (Å²) in [5.41, 5.74) is 1.28. The van der Waals surface area contributed by atoms with Crippen molar-refractivity contribution >= 4 is 10.8 Å². The maximum absolute atomic E-state index is 4.10. The van der Waals surface area contributed by atoms with Crippen molar-refractivity contribution in [1.29, 1.82) is 0 Å². The van der Waals surface area contributed by atoms with E-state index in [4.69, 9.17) is 0 Å². The summed E-state index contributed by atoms with van der Waals surface area (Å²) in [5.74, 6) is 0.854. The molecule has 3 rings (SSSR count). The lowest BCUT2D eigenvalue weighted by molar-refractivity contribution is 0.561. The van der Waals surface area contributed by atoms with Crippen LogP contribution in [-0.4, -0.2) is 15.2 Å². The van der Waals surface area contributed by atoms with Gasteiger partial charge in [-0.3, -0.25) is 5.10 Å². The Kier molecular flexibility index (Phi) is 3.25. The summed E-state index contributed by atoms with van der Waals surface area (Å²) in [7, 11) is 0. The summed E-state index contributed by atoms with van der Waals surface area (Å²) in [6.07, 6.45) is 1.53. The van der Waals surface area contributed by atoms with Crippen LogP contribution in [0.25, 0.3) is 10.8 Å². The summed E-state index contributed by atoms with van der Waals surface area (Å²) in [5, 5.41) is 12.7. The lowest BCUT2D eigenvalue weighted by Crippen LogP contribution is -2.18. The maximum Gasteiger partial charge on any atom is 0.138 e. The highest BCUT2D eigenvalue weighted by atomic mass is 15.2. The monoisotopic (exact) mass is 252 g/mol. The van der Waals surface area contributed by atoms with Gasteiger partial charge in [0.1, 0.15) is 12.2 Å². The van der Waals surface area contributed by atoms with Crippen LogP contribution in [0, 0.1) is 0 Å². The zero-order chi connectivity index (χ0) is 13.1. The highest BCUT2D eigenvalue weighted by molar-refractivity contribution is 5.83. The highest BCUT2D eigenvalue weighted by Crippen LogP contribution is 2.20. The number of nitrogens with one attached hydrogen (secondary N) is 2. The van der Waals surface area contributed by atoms with E-state index in [-0.39, 0.29) is 6.04 Å². The van der Waals surface area contributed by atoms with Gasteiger partial charge in [-0.2, -0.15) is 5.10 Å². The zero-order valence-electron chi connectivity index (χ0n) is 10.8. The molecule has 0 bridgehead atoms. The summed E-state index contributed by atoms with van der Waals surface area (Å²) >= 11 is 0. The molecule has 96 valence electrons. The third kappa shape index (κ3) is 2.63. The maximum atomic E-state index is 4.10. The van der Waals surface area contributed by atoms with Crippen LogP contribution < -0.4 is 5.32 Å². The van der Waals surface area contributed by atoms with E-state index >= 15 is 0 Å². The van der Waals surface area contributed by atoms with Crippen molar-refractivity contribution in [3.8, 4) is 0 Å². The molecule has 1 aromatic heterocycles. The SMILES string of the molecule is CC(NCc1ncn[nH]1)c1ccc2ccccc2c1. The van der Waals surface area contributed by atoms with Gasteiger partial charge in [-0.1, -0.05) is 36.4 Å². The Morgan fingerprint density at radius 1 is 1.16 bits per heavy atom. The number of H-pyrrole nitrogens is 1. The molecule has 3 aromatic rings. The van der Waals surface area contributed by atoms with Crippen LogP contribution in [0.2, 0.25) is 0 Å². The number of hydrogen-bond donors (Lipinski definition) is 2. The molecule has 1 atom stereocenters. The average Bonchev–Trinajstić information content (AvgIpc) is 2.97. The van der Waals surface area contributed by atoms with E-state index in [1.807, 2.05) is 0 Å². The Bertz CT molecular complexity index is 661. The van der Waals surface area contributed by atoms with Gasteiger partial charge >= 0.3 is 0 Å². The number of aromatic amines is 1. The Morgan fingerprint density at radius 2 is 2.00 bits per heavy atom. The summed E-state index contributed by atoms with van der Waals surface area (Å²) in [6, 6.07) is 15.2. The molecule has 0 aliphatic carbocycles. The molecule has 0 aliphatic rings. The molecule has 2 N–H and O–H groups in total. The smallest absolute Gasteiger partial charge is 0.138 e. The minimum absolute atomic E-state index is 0.273. The number of hydrogen-bond acceptors (Lipinski definition) is 3. The number of fused-ring (bicyclic) bond motifs is 1. The first-order valence-electron chi connectivity index (χ1n) is 6.39. The van der Waals surface area contributed by atoms with Gasteiger partial charge in [0.15, 0.2) is 0 Å². The molecule has 0 aliphatic heterocycles. The van der Waals surface area contributed by atoms with Gasteiger partial charge in [-0.25, -0.2) is 4.98 Å². The van der Waals surface area contributed by atoms with Crippen LogP contribution in [0.3, 0.4) is 0 Å². The highest BCUT2D eigenvalue weighted by Gasteiger charge is 2.06. The van der Waals surface area contributed by atoms with Crippen molar-refractivity contribution in [3.63, 3.8) is 0 Å². The minimum atomic E-state index is 0.273. The Balaban J connectivity index is 1.75. The summed E-state index contributed by atoms with van der Waals surface area (Å²) in [6.45, 7) is 2.84. The van der Waals surface area contributed by atoms with Crippen molar-refractivity contribution in [2.45, 2.75) is 19.5 Å². The third-order valence-electron chi connectivity index (χ3n) is 3.31. The lowest BCUT2D eigenvalue weighted by Gasteiger charge is -2.14. The fourth-order valence-corrected chi connectivity index (χ4v) is 2.16. The second-order valence-electron chi connectivity index (χ2n) is 4.64. The molecule has 4 heteroatoms. The van der Waals surface area contributed by atoms with Crippen molar-refractivity contribution in [3.05, 3.63) is 60.2 Å². The molecule has 0 spiro atoms. The topological polar surface area (TPSA) is 53.6 Å². The molecule has 1 heterocycles. The third-order valence-corrected chi connectivity index (χ3v) is 3.31. The molecule has 0 fully saturated rings. The van der Waals surface area contributed by atoms with Crippen LogP contribution in [0.4, 0.5) is 0 Å². The minimum Gasteiger partial charge on any atom is -0.303 e. The van der Waals surface area contributed by atoms with E-state index in [1.54, 1.807) is 0 Å². The quantitative estimate of drug-likeness (QED) is 0.750. The van der Waals surface area contributed by atoms with Gasteiger partial charge in [0, 0.05) is 6.04 Å². The number of rotatable bonds is 4. The van der Waals surface area contributed by atoms with E-state index in [1.165, 1.54) is 22.7 Å². The number of benzene rings is 2. The first kappa shape index (κ1) is 11.9. The molecule has 19 heavy (non-hydrogen) atoms. The number of aromatic nitrogens is 3. The molecule has 2 aromatic carbocycles. The second kappa shape index (κ2) is 5.20. The molecular formula is C15H16N4. The molecule has 1 unspecified atom stereocenters. The van der Waals surface area contributed by atoms with Gasteiger partial charge < -0.3 is 5.32 Å². The van der Waals surface area contributed by atoms with Crippen molar-refractivity contribution in [1.82, 2.24) is 20.5 Å². The van der Waals surface area contributed by atoms with Crippen molar-refractivity contribution in [2.75, 3.05) is 0 Å². The van der Waals surface area contributed by atoms with Gasteiger partial charge in [0.05, 0.1) is 6.54 Å². The molecule has 4 nitrogen and oxygen atoms in total. The molecular weight excluding hydrogens is 236 g/mol. The summed E-state index contributed by atoms with van der Waals surface area (Å²) in [4.78, 5) is 4.10. The fraction of sp³-hybridized carbons (Fsp3) is 0.200. The van der Waals surface area contributed by atoms with Crippen LogP contribution in [-0.2, 0) is 6.54 Å². The van der Waals surface area contributed by atoms with Gasteiger partial charge in [-0.05, 0) is 29.3 Å². The van der Waals surface area contributed by atoms with Crippen LogP contribution >= 0.6 is 0 Å².